The number of para-hydroxylation sites is 1. The quantitative estimate of drug-likeness (QED) is 0.193. The lowest BCUT2D eigenvalue weighted by atomic mass is 10.0. The van der Waals surface area contributed by atoms with Crippen molar-refractivity contribution in [2.75, 3.05) is 0 Å². The van der Waals surface area contributed by atoms with Gasteiger partial charge in [0.1, 0.15) is 18.2 Å². The van der Waals surface area contributed by atoms with E-state index in [9.17, 15) is 0 Å². The average molecular weight is 661 g/mol. The van der Waals surface area contributed by atoms with Crippen LogP contribution in [0.1, 0.15) is 29.0 Å². The molecule has 2 N–H and O–H groups in total. The molecule has 1 aliphatic rings. The van der Waals surface area contributed by atoms with Gasteiger partial charge in [-0.2, -0.15) is 0 Å². The molecule has 7 aromatic carbocycles. The zero-order valence-corrected chi connectivity index (χ0v) is 27.9. The summed E-state index contributed by atoms with van der Waals surface area (Å²) in [6.45, 7) is 0. The van der Waals surface area contributed by atoms with Gasteiger partial charge >= 0.3 is 0 Å². The molecule has 0 fully saturated rings. The van der Waals surface area contributed by atoms with E-state index in [4.69, 9.17) is 4.99 Å². The molecule has 2 unspecified atom stereocenters. The average Bonchev–Trinajstić information content (AvgIpc) is 3.72. The first-order valence-electron chi connectivity index (χ1n) is 17.0. The molecule has 0 saturated heterocycles. The lowest BCUT2D eigenvalue weighted by Gasteiger charge is -2.32. The fraction of sp³-hybridized carbons (Fsp3) is 0.0444. The van der Waals surface area contributed by atoms with Gasteiger partial charge in [0.2, 0.25) is 0 Å². The highest BCUT2D eigenvalue weighted by atomic mass is 32.1. The maximum absolute atomic E-state index is 5.23. The maximum atomic E-state index is 5.23. The molecular formula is C45H32N4S. The molecule has 1 aliphatic heterocycles. The number of benzene rings is 7. The summed E-state index contributed by atoms with van der Waals surface area (Å²) < 4.78 is 5.07. The smallest absolute Gasteiger partial charge is 0.131 e. The van der Waals surface area contributed by atoms with Crippen molar-refractivity contribution in [3.8, 4) is 16.8 Å². The van der Waals surface area contributed by atoms with Crippen LogP contribution in [0.25, 0.3) is 58.8 Å². The number of nitrogens with one attached hydrogen (secondary N) is 2. The minimum Gasteiger partial charge on any atom is -0.350 e. The summed E-state index contributed by atoms with van der Waals surface area (Å²) in [7, 11) is 0. The first-order chi connectivity index (χ1) is 24.8. The van der Waals surface area contributed by atoms with E-state index >= 15 is 0 Å². The Labute approximate surface area is 294 Å². The van der Waals surface area contributed by atoms with Crippen LogP contribution in [0.2, 0.25) is 0 Å². The van der Waals surface area contributed by atoms with Crippen molar-refractivity contribution >= 4 is 59.2 Å². The van der Waals surface area contributed by atoms with Gasteiger partial charge < -0.3 is 9.88 Å². The number of nitrogens with zero attached hydrogens (tertiary/aromatic N) is 2. The molecule has 10 rings (SSSR count). The second-order valence-corrected chi connectivity index (χ2v) is 14.0. The van der Waals surface area contributed by atoms with Crippen molar-refractivity contribution < 1.29 is 0 Å². The van der Waals surface area contributed by atoms with Gasteiger partial charge in [-0.1, -0.05) is 127 Å². The van der Waals surface area contributed by atoms with Crippen molar-refractivity contribution in [1.29, 1.82) is 0 Å². The van der Waals surface area contributed by atoms with E-state index in [2.05, 4.69) is 179 Å². The van der Waals surface area contributed by atoms with Crippen LogP contribution in [0.4, 0.5) is 0 Å². The molecule has 0 radical (unpaired) electrons. The topological polar surface area (TPSA) is 41.4 Å². The third-order valence-electron chi connectivity index (χ3n) is 9.85. The van der Waals surface area contributed by atoms with E-state index in [1.807, 2.05) is 17.4 Å². The van der Waals surface area contributed by atoms with Crippen LogP contribution in [-0.2, 0) is 0 Å². The Morgan fingerprint density at radius 1 is 0.480 bits per heavy atom. The van der Waals surface area contributed by atoms with E-state index in [1.165, 1.54) is 53.1 Å². The minimum absolute atomic E-state index is 0.173. The van der Waals surface area contributed by atoms with Crippen LogP contribution in [0, 0.1) is 0 Å². The van der Waals surface area contributed by atoms with Gasteiger partial charge in [0.15, 0.2) is 0 Å². The monoisotopic (exact) mass is 660 g/mol. The fourth-order valence-electron chi connectivity index (χ4n) is 7.47. The third kappa shape index (κ3) is 4.90. The first kappa shape index (κ1) is 29.0. The number of hydrogen-bond donors (Lipinski definition) is 2. The Morgan fingerprint density at radius 3 is 2.04 bits per heavy atom. The van der Waals surface area contributed by atoms with Gasteiger partial charge in [0.25, 0.3) is 0 Å². The van der Waals surface area contributed by atoms with E-state index in [0.29, 0.717) is 0 Å². The molecule has 0 aliphatic carbocycles. The van der Waals surface area contributed by atoms with Crippen LogP contribution < -0.4 is 10.6 Å². The van der Waals surface area contributed by atoms with Crippen LogP contribution in [-0.4, -0.2) is 10.4 Å². The number of amidine groups is 1. The largest absolute Gasteiger partial charge is 0.350 e. The molecule has 5 heteroatoms. The summed E-state index contributed by atoms with van der Waals surface area (Å²) in [5.41, 5.74) is 9.24. The molecule has 2 atom stereocenters. The Kier molecular flexibility index (Phi) is 6.86. The molecule has 238 valence electrons. The summed E-state index contributed by atoms with van der Waals surface area (Å²) >= 11 is 1.87. The van der Waals surface area contributed by atoms with Gasteiger partial charge in [-0.25, -0.2) is 4.99 Å². The third-order valence-corrected chi connectivity index (χ3v) is 11.0. The van der Waals surface area contributed by atoms with Gasteiger partial charge in [-0.05, 0) is 64.7 Å². The zero-order chi connectivity index (χ0) is 33.0. The number of rotatable bonds is 5. The summed E-state index contributed by atoms with van der Waals surface area (Å²) in [6, 6.07) is 60.9. The molecule has 0 spiro atoms. The standard InChI is InChI=1S/C45H32N4S/c1-3-13-29(14-4-1)31-17-11-18-32(25-31)44-46-43(30-15-5-2-6-16-30)47-45(48-44)33-19-12-20-34(26-33)49-39-23-9-7-21-35(39)37-28-42-38(27-40(37)49)36-22-8-10-24-41(36)50-42/h1-28,44-45,48H,(H,46,47). The zero-order valence-electron chi connectivity index (χ0n) is 27.1. The molecule has 0 amide bonds. The predicted octanol–water partition coefficient (Wildman–Crippen LogP) is 11.2. The highest BCUT2D eigenvalue weighted by molar-refractivity contribution is 7.25. The van der Waals surface area contributed by atoms with Crippen molar-refractivity contribution in [1.82, 2.24) is 15.2 Å². The van der Waals surface area contributed by atoms with Crippen LogP contribution >= 0.6 is 11.3 Å². The SMILES string of the molecule is c1ccc(C2=NC(c3cccc(-c4ccccc4)c3)NC(c3cccc(-n4c5ccccc5c5cc6sc7ccccc7c6cc54)c3)N2)cc1. The summed E-state index contributed by atoms with van der Waals surface area (Å²) in [5.74, 6) is 0.874. The molecule has 0 bridgehead atoms. The first-order valence-corrected chi connectivity index (χ1v) is 17.8. The highest BCUT2D eigenvalue weighted by Gasteiger charge is 2.26. The van der Waals surface area contributed by atoms with Crippen molar-refractivity contribution in [3.05, 3.63) is 187 Å². The van der Waals surface area contributed by atoms with Crippen molar-refractivity contribution in [2.24, 2.45) is 4.99 Å². The molecule has 4 nitrogen and oxygen atoms in total. The van der Waals surface area contributed by atoms with Crippen LogP contribution in [0.5, 0.6) is 0 Å². The Morgan fingerprint density at radius 2 is 1.18 bits per heavy atom. The number of aromatic nitrogens is 1. The molecular weight excluding hydrogens is 629 g/mol. The summed E-state index contributed by atoms with van der Waals surface area (Å²) in [4.78, 5) is 5.23. The van der Waals surface area contributed by atoms with E-state index in [1.54, 1.807) is 0 Å². The highest BCUT2D eigenvalue weighted by Crippen LogP contribution is 2.41. The van der Waals surface area contributed by atoms with Crippen LogP contribution in [0.3, 0.4) is 0 Å². The van der Waals surface area contributed by atoms with E-state index in [0.717, 1.165) is 28.2 Å². The number of thiophene rings is 1. The maximum Gasteiger partial charge on any atom is 0.131 e. The predicted molar refractivity (Wildman–Crippen MR) is 210 cm³/mol. The Balaban J connectivity index is 1.10. The van der Waals surface area contributed by atoms with Crippen molar-refractivity contribution in [2.45, 2.75) is 12.3 Å². The number of hydrogen-bond acceptors (Lipinski definition) is 4. The fourth-order valence-corrected chi connectivity index (χ4v) is 8.60. The number of fused-ring (bicyclic) bond motifs is 6. The summed E-state index contributed by atoms with van der Waals surface area (Å²) in [5, 5.41) is 12.7. The molecule has 0 saturated carbocycles. The normalized spacial score (nSPS) is 16.2. The lowest BCUT2D eigenvalue weighted by molar-refractivity contribution is 0.409. The van der Waals surface area contributed by atoms with E-state index < -0.39 is 0 Å². The van der Waals surface area contributed by atoms with Crippen molar-refractivity contribution in [3.63, 3.8) is 0 Å². The van der Waals surface area contributed by atoms with Crippen LogP contribution in [0.15, 0.2) is 175 Å². The molecule has 50 heavy (non-hydrogen) atoms. The molecule has 3 heterocycles. The second-order valence-electron chi connectivity index (χ2n) is 12.9. The van der Waals surface area contributed by atoms with Gasteiger partial charge in [0.05, 0.1) is 11.0 Å². The minimum atomic E-state index is -0.239. The second kappa shape index (κ2) is 11.8. The number of aliphatic imine (C=N–C) groups is 1. The van der Waals surface area contributed by atoms with Gasteiger partial charge in [-0.3, -0.25) is 5.32 Å². The Hall–Kier alpha value is -6.01. The van der Waals surface area contributed by atoms with Gasteiger partial charge in [0, 0.05) is 42.2 Å². The lowest BCUT2D eigenvalue weighted by Crippen LogP contribution is -2.45. The van der Waals surface area contributed by atoms with E-state index in [-0.39, 0.29) is 12.3 Å². The molecule has 2 aromatic heterocycles. The molecule has 9 aromatic rings. The Bertz CT molecular complexity index is 2720. The summed E-state index contributed by atoms with van der Waals surface area (Å²) in [6.07, 6.45) is -0.411. The van der Waals surface area contributed by atoms with Gasteiger partial charge in [-0.15, -0.1) is 11.3 Å².